The lowest BCUT2D eigenvalue weighted by Gasteiger charge is -2.42. The molecule has 2 aliphatic rings. The van der Waals surface area contributed by atoms with Gasteiger partial charge in [0.1, 0.15) is 0 Å². The molecule has 2 saturated heterocycles. The average molecular weight is 296 g/mol. The Balaban J connectivity index is 2.02. The van der Waals surface area contributed by atoms with Crippen molar-refractivity contribution in [2.45, 2.75) is 71.0 Å². The van der Waals surface area contributed by atoms with Gasteiger partial charge in [0.2, 0.25) is 5.91 Å². The van der Waals surface area contributed by atoms with Gasteiger partial charge in [0.15, 0.2) is 0 Å². The second-order valence-electron chi connectivity index (χ2n) is 6.45. The molecule has 0 aliphatic carbocycles. The first-order valence-corrected chi connectivity index (χ1v) is 8.25. The Morgan fingerprint density at radius 1 is 1.19 bits per heavy atom. The molecule has 0 saturated carbocycles. The minimum atomic E-state index is -0.694. The van der Waals surface area contributed by atoms with Crippen LogP contribution in [0, 0.1) is 5.92 Å². The number of piperidine rings is 1. The molecule has 0 aromatic rings. The standard InChI is InChI=1S/C16H28N2O3/c1-4-17(5-2)16(21)11(3)18-13-6-7-14(18)9-12(8-13)10-15(19)20/h11-14H,4-10H2,1-3H3,(H,19,20). The first-order chi connectivity index (χ1) is 9.97. The molecular weight excluding hydrogens is 268 g/mol. The van der Waals surface area contributed by atoms with Crippen molar-refractivity contribution in [3.63, 3.8) is 0 Å². The van der Waals surface area contributed by atoms with Crippen LogP contribution in [0.1, 0.15) is 52.9 Å². The number of rotatable bonds is 6. The van der Waals surface area contributed by atoms with Crippen LogP contribution in [0.15, 0.2) is 0 Å². The van der Waals surface area contributed by atoms with Crippen molar-refractivity contribution < 1.29 is 14.7 Å². The maximum atomic E-state index is 12.6. The highest BCUT2D eigenvalue weighted by Gasteiger charge is 2.45. The maximum Gasteiger partial charge on any atom is 0.303 e. The van der Waals surface area contributed by atoms with Crippen LogP contribution in [-0.4, -0.2) is 58.0 Å². The number of hydrogen-bond donors (Lipinski definition) is 1. The molecule has 1 N–H and O–H groups in total. The van der Waals surface area contributed by atoms with Gasteiger partial charge in [0, 0.05) is 31.6 Å². The summed E-state index contributed by atoms with van der Waals surface area (Å²) in [6.45, 7) is 7.56. The monoisotopic (exact) mass is 296 g/mol. The number of carbonyl (C=O) groups is 2. The quantitative estimate of drug-likeness (QED) is 0.814. The van der Waals surface area contributed by atoms with Crippen molar-refractivity contribution in [1.82, 2.24) is 9.80 Å². The van der Waals surface area contributed by atoms with Crippen molar-refractivity contribution in [2.24, 2.45) is 5.92 Å². The van der Waals surface area contributed by atoms with E-state index in [1.54, 1.807) is 0 Å². The molecule has 2 heterocycles. The number of carboxylic acids is 1. The zero-order valence-electron chi connectivity index (χ0n) is 13.4. The van der Waals surface area contributed by atoms with E-state index in [9.17, 15) is 9.59 Å². The summed E-state index contributed by atoms with van der Waals surface area (Å²) in [5.41, 5.74) is 0. The number of carbonyl (C=O) groups excluding carboxylic acids is 1. The van der Waals surface area contributed by atoms with Crippen LogP contribution in [0.25, 0.3) is 0 Å². The predicted octanol–water partition coefficient (Wildman–Crippen LogP) is 1.96. The lowest BCUT2D eigenvalue weighted by atomic mass is 9.87. The number of likely N-dealkylation sites (N-methyl/N-ethyl adjacent to an activating group) is 1. The van der Waals surface area contributed by atoms with Crippen molar-refractivity contribution in [2.75, 3.05) is 13.1 Å². The highest BCUT2D eigenvalue weighted by atomic mass is 16.4. The van der Waals surface area contributed by atoms with Gasteiger partial charge in [-0.05, 0) is 52.4 Å². The number of aliphatic carboxylic acids is 1. The summed E-state index contributed by atoms with van der Waals surface area (Å²) >= 11 is 0. The SMILES string of the molecule is CCN(CC)C(=O)C(C)N1C2CCC1CC(CC(=O)O)C2. The average Bonchev–Trinajstić information content (AvgIpc) is 2.70. The fourth-order valence-electron chi connectivity index (χ4n) is 4.30. The predicted molar refractivity (Wildman–Crippen MR) is 81.0 cm³/mol. The highest BCUT2D eigenvalue weighted by Crippen LogP contribution is 2.41. The zero-order valence-corrected chi connectivity index (χ0v) is 13.4. The van der Waals surface area contributed by atoms with E-state index in [2.05, 4.69) is 4.90 Å². The second kappa shape index (κ2) is 6.77. The molecule has 3 unspecified atom stereocenters. The third-order valence-corrected chi connectivity index (χ3v) is 5.23. The second-order valence-corrected chi connectivity index (χ2v) is 6.45. The molecule has 3 atom stereocenters. The van der Waals surface area contributed by atoms with Gasteiger partial charge in [-0.25, -0.2) is 0 Å². The Morgan fingerprint density at radius 2 is 1.71 bits per heavy atom. The van der Waals surface area contributed by atoms with Crippen LogP contribution < -0.4 is 0 Å². The molecule has 2 rings (SSSR count). The van der Waals surface area contributed by atoms with E-state index < -0.39 is 5.97 Å². The van der Waals surface area contributed by atoms with Gasteiger partial charge in [-0.1, -0.05) is 0 Å². The lowest BCUT2D eigenvalue weighted by molar-refractivity contribution is -0.141. The molecule has 5 heteroatoms. The molecule has 2 aliphatic heterocycles. The van der Waals surface area contributed by atoms with Crippen molar-refractivity contribution in [1.29, 1.82) is 0 Å². The van der Waals surface area contributed by atoms with Crippen LogP contribution >= 0.6 is 0 Å². The Labute approximate surface area is 127 Å². The maximum absolute atomic E-state index is 12.6. The van der Waals surface area contributed by atoms with E-state index in [4.69, 9.17) is 5.11 Å². The number of nitrogens with zero attached hydrogens (tertiary/aromatic N) is 2. The van der Waals surface area contributed by atoms with Gasteiger partial charge < -0.3 is 10.0 Å². The van der Waals surface area contributed by atoms with Crippen LogP contribution in [0.2, 0.25) is 0 Å². The first kappa shape index (κ1) is 16.3. The summed E-state index contributed by atoms with van der Waals surface area (Å²) in [6.07, 6.45) is 4.35. The largest absolute Gasteiger partial charge is 0.481 e. The molecule has 120 valence electrons. The third kappa shape index (κ3) is 3.39. The summed E-state index contributed by atoms with van der Waals surface area (Å²) in [5.74, 6) is -0.194. The Kier molecular flexibility index (Phi) is 5.25. The number of hydrogen-bond acceptors (Lipinski definition) is 3. The van der Waals surface area contributed by atoms with Gasteiger partial charge in [0.05, 0.1) is 6.04 Å². The third-order valence-electron chi connectivity index (χ3n) is 5.23. The summed E-state index contributed by atoms with van der Waals surface area (Å²) in [5, 5.41) is 8.98. The molecule has 0 aromatic heterocycles. The van der Waals surface area contributed by atoms with Crippen LogP contribution in [-0.2, 0) is 9.59 Å². The minimum absolute atomic E-state index is 0.0758. The first-order valence-electron chi connectivity index (χ1n) is 8.25. The van der Waals surface area contributed by atoms with Crippen molar-refractivity contribution >= 4 is 11.9 Å². The molecule has 21 heavy (non-hydrogen) atoms. The summed E-state index contributed by atoms with van der Waals surface area (Å²) < 4.78 is 0. The number of carboxylic acid groups (broad SMARTS) is 1. The van der Waals surface area contributed by atoms with Gasteiger partial charge >= 0.3 is 5.97 Å². The highest BCUT2D eigenvalue weighted by molar-refractivity contribution is 5.81. The van der Waals surface area contributed by atoms with E-state index in [0.29, 0.717) is 12.1 Å². The number of fused-ring (bicyclic) bond motifs is 2. The van der Waals surface area contributed by atoms with E-state index in [1.165, 1.54) is 0 Å². The summed E-state index contributed by atoms with van der Waals surface area (Å²) in [6, 6.07) is 0.707. The van der Waals surface area contributed by atoms with Gasteiger partial charge in [-0.3, -0.25) is 14.5 Å². The fourth-order valence-corrected chi connectivity index (χ4v) is 4.30. The van der Waals surface area contributed by atoms with E-state index in [0.717, 1.165) is 38.8 Å². The Hall–Kier alpha value is -1.10. The molecule has 0 aromatic carbocycles. The van der Waals surface area contributed by atoms with Crippen LogP contribution in [0.3, 0.4) is 0 Å². The van der Waals surface area contributed by atoms with Crippen molar-refractivity contribution in [3.8, 4) is 0 Å². The molecule has 0 radical (unpaired) electrons. The molecule has 0 spiro atoms. The number of amides is 1. The summed E-state index contributed by atoms with van der Waals surface area (Å²) in [7, 11) is 0. The smallest absolute Gasteiger partial charge is 0.303 e. The Morgan fingerprint density at radius 3 is 2.14 bits per heavy atom. The molecular formula is C16H28N2O3. The van der Waals surface area contributed by atoms with Gasteiger partial charge in [-0.2, -0.15) is 0 Å². The lowest BCUT2D eigenvalue weighted by Crippen LogP contribution is -2.54. The van der Waals surface area contributed by atoms with Gasteiger partial charge in [0.25, 0.3) is 0 Å². The topological polar surface area (TPSA) is 60.9 Å². The van der Waals surface area contributed by atoms with E-state index >= 15 is 0 Å². The van der Waals surface area contributed by atoms with Crippen molar-refractivity contribution in [3.05, 3.63) is 0 Å². The van der Waals surface area contributed by atoms with E-state index in [-0.39, 0.29) is 24.3 Å². The zero-order chi connectivity index (χ0) is 15.6. The Bertz CT molecular complexity index is 381. The van der Waals surface area contributed by atoms with Crippen LogP contribution in [0.5, 0.6) is 0 Å². The summed E-state index contributed by atoms with van der Waals surface area (Å²) in [4.78, 5) is 27.8. The normalized spacial score (nSPS) is 30.1. The van der Waals surface area contributed by atoms with E-state index in [1.807, 2.05) is 25.7 Å². The van der Waals surface area contributed by atoms with Gasteiger partial charge in [-0.15, -0.1) is 0 Å². The molecule has 2 bridgehead atoms. The molecule has 2 fully saturated rings. The fraction of sp³-hybridized carbons (Fsp3) is 0.875. The minimum Gasteiger partial charge on any atom is -0.481 e. The van der Waals surface area contributed by atoms with Crippen LogP contribution in [0.4, 0.5) is 0 Å². The molecule has 5 nitrogen and oxygen atoms in total. The molecule has 1 amide bonds.